The number of para-hydroxylation sites is 1. The summed E-state index contributed by atoms with van der Waals surface area (Å²) in [6.07, 6.45) is 0.974. The minimum atomic E-state index is -0.200. The van der Waals surface area contributed by atoms with Gasteiger partial charge in [0.15, 0.2) is 0 Å². The molecule has 2 fully saturated rings. The van der Waals surface area contributed by atoms with Crippen LogP contribution in [0.5, 0.6) is 11.5 Å². The molecule has 0 spiro atoms. The number of rotatable bonds is 5. The molecule has 2 saturated heterocycles. The van der Waals surface area contributed by atoms with Crippen molar-refractivity contribution in [1.29, 1.82) is 0 Å². The molecule has 3 aromatic rings. The van der Waals surface area contributed by atoms with Crippen molar-refractivity contribution in [3.63, 3.8) is 0 Å². The third-order valence-electron chi connectivity index (χ3n) is 6.81. The van der Waals surface area contributed by atoms with E-state index in [1.807, 2.05) is 72.5 Å². The summed E-state index contributed by atoms with van der Waals surface area (Å²) >= 11 is 0. The number of anilines is 1. The number of benzene rings is 3. The first-order valence-corrected chi connectivity index (χ1v) is 11.4. The van der Waals surface area contributed by atoms with Crippen molar-refractivity contribution in [3.8, 4) is 11.5 Å². The molecule has 3 unspecified atom stereocenters. The largest absolute Gasteiger partial charge is 0.457 e. The Bertz CT molecular complexity index is 1140. The number of amides is 2. The third kappa shape index (κ3) is 4.44. The molecule has 0 saturated carbocycles. The van der Waals surface area contributed by atoms with E-state index in [-0.39, 0.29) is 23.9 Å². The Labute approximate surface area is 193 Å². The van der Waals surface area contributed by atoms with E-state index < -0.39 is 0 Å². The number of piperazine rings is 1. The molecule has 2 heterocycles. The van der Waals surface area contributed by atoms with Crippen LogP contribution in [-0.4, -0.2) is 41.0 Å². The zero-order chi connectivity index (χ0) is 22.9. The molecule has 2 amide bonds. The van der Waals surface area contributed by atoms with Gasteiger partial charge in [-0.1, -0.05) is 24.3 Å². The number of aryl methyl sites for hydroxylation is 1. The van der Waals surface area contributed by atoms with Gasteiger partial charge in [0, 0.05) is 36.9 Å². The highest BCUT2D eigenvalue weighted by Gasteiger charge is 2.47. The van der Waals surface area contributed by atoms with Crippen LogP contribution in [0.25, 0.3) is 0 Å². The molecule has 0 aliphatic carbocycles. The first-order chi connectivity index (χ1) is 16.0. The molecular formula is C27H28FN3O2. The summed E-state index contributed by atoms with van der Waals surface area (Å²) in [5.41, 5.74) is 2.87. The van der Waals surface area contributed by atoms with E-state index in [4.69, 9.17) is 4.74 Å². The molecule has 2 bridgehead atoms. The molecular weight excluding hydrogens is 417 g/mol. The van der Waals surface area contributed by atoms with Crippen molar-refractivity contribution >= 4 is 11.7 Å². The summed E-state index contributed by atoms with van der Waals surface area (Å²) in [6, 6.07) is 22.7. The standard InChI is InChI=1S/C27H28FN3O2/c1-18-14-20(28)8-13-26(18)19(2)30-16-23-15-22(30)17-31(23)27(32)29-21-9-11-25(12-10-21)33-24-6-4-3-5-7-24/h3-14,19,22-23H,15-17H2,1-2H3,(H,29,32). The molecule has 0 radical (unpaired) electrons. The summed E-state index contributed by atoms with van der Waals surface area (Å²) < 4.78 is 19.3. The highest BCUT2D eigenvalue weighted by molar-refractivity contribution is 5.90. The quantitative estimate of drug-likeness (QED) is 0.526. The lowest BCUT2D eigenvalue weighted by Crippen LogP contribution is -2.50. The van der Waals surface area contributed by atoms with Crippen molar-refractivity contribution in [2.75, 3.05) is 18.4 Å². The zero-order valence-electron chi connectivity index (χ0n) is 18.9. The fourth-order valence-corrected chi connectivity index (χ4v) is 5.13. The van der Waals surface area contributed by atoms with Crippen LogP contribution in [0.4, 0.5) is 14.9 Å². The lowest BCUT2D eigenvalue weighted by molar-refractivity contribution is 0.114. The van der Waals surface area contributed by atoms with Gasteiger partial charge >= 0.3 is 6.03 Å². The fraction of sp³-hybridized carbons (Fsp3) is 0.296. The van der Waals surface area contributed by atoms with Gasteiger partial charge < -0.3 is 15.0 Å². The molecule has 2 aliphatic rings. The van der Waals surface area contributed by atoms with Gasteiger partial charge in [0.25, 0.3) is 0 Å². The first kappa shape index (κ1) is 21.5. The number of urea groups is 1. The van der Waals surface area contributed by atoms with Crippen LogP contribution in [0.3, 0.4) is 0 Å². The van der Waals surface area contributed by atoms with Crippen LogP contribution in [0, 0.1) is 12.7 Å². The Morgan fingerprint density at radius 2 is 1.73 bits per heavy atom. The first-order valence-electron chi connectivity index (χ1n) is 11.4. The summed E-state index contributed by atoms with van der Waals surface area (Å²) in [5, 5.41) is 3.02. The van der Waals surface area contributed by atoms with Gasteiger partial charge in [0.1, 0.15) is 17.3 Å². The third-order valence-corrected chi connectivity index (χ3v) is 6.81. The van der Waals surface area contributed by atoms with Crippen LogP contribution in [0.15, 0.2) is 72.8 Å². The van der Waals surface area contributed by atoms with Crippen LogP contribution >= 0.6 is 0 Å². The van der Waals surface area contributed by atoms with Crippen LogP contribution in [-0.2, 0) is 0 Å². The predicted molar refractivity (Wildman–Crippen MR) is 127 cm³/mol. The number of hydrogen-bond acceptors (Lipinski definition) is 3. The number of carbonyl (C=O) groups excluding carboxylic acids is 1. The maximum Gasteiger partial charge on any atom is 0.322 e. The molecule has 1 N–H and O–H groups in total. The van der Waals surface area contributed by atoms with Crippen molar-refractivity contribution in [2.45, 2.75) is 38.4 Å². The van der Waals surface area contributed by atoms with Crippen molar-refractivity contribution in [2.24, 2.45) is 0 Å². The number of halogens is 1. The maximum atomic E-state index is 13.5. The molecule has 5 rings (SSSR count). The number of nitrogens with one attached hydrogen (secondary N) is 1. The molecule has 3 atom stereocenters. The van der Waals surface area contributed by atoms with Crippen molar-refractivity contribution in [1.82, 2.24) is 9.80 Å². The molecule has 33 heavy (non-hydrogen) atoms. The summed E-state index contributed by atoms with van der Waals surface area (Å²) in [7, 11) is 0. The normalized spacial score (nSPS) is 20.6. The van der Waals surface area contributed by atoms with Gasteiger partial charge in [-0.2, -0.15) is 0 Å². The predicted octanol–water partition coefficient (Wildman–Crippen LogP) is 5.98. The Balaban J connectivity index is 1.18. The van der Waals surface area contributed by atoms with Crippen LogP contribution < -0.4 is 10.1 Å². The Morgan fingerprint density at radius 3 is 2.39 bits per heavy atom. The van der Waals surface area contributed by atoms with Gasteiger partial charge in [-0.25, -0.2) is 9.18 Å². The van der Waals surface area contributed by atoms with E-state index in [2.05, 4.69) is 17.1 Å². The highest BCUT2D eigenvalue weighted by Crippen LogP contribution is 2.38. The van der Waals surface area contributed by atoms with E-state index in [1.54, 1.807) is 6.07 Å². The van der Waals surface area contributed by atoms with Crippen LogP contribution in [0.2, 0.25) is 0 Å². The Kier molecular flexibility index (Phi) is 5.77. The number of hydrogen-bond donors (Lipinski definition) is 1. The molecule has 5 nitrogen and oxygen atoms in total. The summed E-state index contributed by atoms with van der Waals surface area (Å²) in [6.45, 7) is 5.67. The van der Waals surface area contributed by atoms with E-state index in [0.717, 1.165) is 41.3 Å². The molecule has 0 aromatic heterocycles. The van der Waals surface area contributed by atoms with Crippen LogP contribution in [0.1, 0.15) is 30.5 Å². The van der Waals surface area contributed by atoms with Gasteiger partial charge in [-0.15, -0.1) is 0 Å². The number of nitrogens with zero attached hydrogens (tertiary/aromatic N) is 2. The maximum absolute atomic E-state index is 13.5. The summed E-state index contributed by atoms with van der Waals surface area (Å²) in [5.74, 6) is 1.30. The van der Waals surface area contributed by atoms with E-state index in [1.165, 1.54) is 6.07 Å². The van der Waals surface area contributed by atoms with Crippen molar-refractivity contribution < 1.29 is 13.9 Å². The monoisotopic (exact) mass is 445 g/mol. The highest BCUT2D eigenvalue weighted by atomic mass is 19.1. The summed E-state index contributed by atoms with van der Waals surface area (Å²) in [4.78, 5) is 17.3. The smallest absolute Gasteiger partial charge is 0.322 e. The number of carbonyl (C=O) groups is 1. The van der Waals surface area contributed by atoms with E-state index >= 15 is 0 Å². The molecule has 2 aliphatic heterocycles. The second kappa shape index (κ2) is 8.87. The second-order valence-electron chi connectivity index (χ2n) is 8.94. The minimum Gasteiger partial charge on any atom is -0.457 e. The average Bonchev–Trinajstić information content (AvgIpc) is 3.42. The van der Waals surface area contributed by atoms with Gasteiger partial charge in [0.2, 0.25) is 0 Å². The molecule has 6 heteroatoms. The number of likely N-dealkylation sites (tertiary alicyclic amines) is 2. The average molecular weight is 446 g/mol. The fourth-order valence-electron chi connectivity index (χ4n) is 5.13. The second-order valence-corrected chi connectivity index (χ2v) is 8.94. The Morgan fingerprint density at radius 1 is 1.00 bits per heavy atom. The topological polar surface area (TPSA) is 44.8 Å². The minimum absolute atomic E-state index is 0.0653. The lowest BCUT2D eigenvalue weighted by Gasteiger charge is -2.38. The zero-order valence-corrected chi connectivity index (χ0v) is 18.9. The van der Waals surface area contributed by atoms with E-state index in [9.17, 15) is 9.18 Å². The van der Waals surface area contributed by atoms with Gasteiger partial charge in [-0.3, -0.25) is 4.90 Å². The Hall–Kier alpha value is -3.38. The van der Waals surface area contributed by atoms with Gasteiger partial charge in [0.05, 0.1) is 0 Å². The SMILES string of the molecule is Cc1cc(F)ccc1C(C)N1CC2CC1CN2C(=O)Nc1ccc(Oc2ccccc2)cc1. The van der Waals surface area contributed by atoms with Gasteiger partial charge in [-0.05, 0) is 79.9 Å². The molecule has 170 valence electrons. The van der Waals surface area contributed by atoms with E-state index in [0.29, 0.717) is 12.6 Å². The number of fused-ring (bicyclic) bond motifs is 2. The molecule has 3 aromatic carbocycles. The van der Waals surface area contributed by atoms with Crippen molar-refractivity contribution in [3.05, 3.63) is 89.7 Å². The number of ether oxygens (including phenoxy) is 1. The lowest BCUT2D eigenvalue weighted by atomic mass is 10.0.